The number of nitrogens with zero attached hydrogens (tertiary/aromatic N) is 1. The molecule has 1 heterocycles. The monoisotopic (exact) mass is 452 g/mol. The lowest BCUT2D eigenvalue weighted by atomic mass is 10.1. The minimum absolute atomic E-state index is 0.0402. The molecule has 1 aliphatic rings. The van der Waals surface area contributed by atoms with Crippen LogP contribution < -0.4 is 19.7 Å². The van der Waals surface area contributed by atoms with Crippen molar-refractivity contribution in [3.05, 3.63) is 48.0 Å². The molecule has 1 N–H and O–H groups in total. The second-order valence-electron chi connectivity index (χ2n) is 6.71. The highest BCUT2D eigenvalue weighted by molar-refractivity contribution is 6.05. The third-order valence-electron chi connectivity index (χ3n) is 4.72. The van der Waals surface area contributed by atoms with Gasteiger partial charge in [-0.3, -0.25) is 14.5 Å². The van der Waals surface area contributed by atoms with E-state index in [0.717, 1.165) is 0 Å². The Morgan fingerprint density at radius 3 is 2.47 bits per heavy atom. The number of anilines is 2. The molecule has 0 aromatic heterocycles. The molecule has 0 bridgehead atoms. The molecule has 1 atom stereocenters. The molecule has 0 fully saturated rings. The van der Waals surface area contributed by atoms with Crippen molar-refractivity contribution in [1.82, 2.24) is 0 Å². The summed E-state index contributed by atoms with van der Waals surface area (Å²) in [6.07, 6.45) is -5.90. The number of carbonyl (C=O) groups is 3. The van der Waals surface area contributed by atoms with Gasteiger partial charge in [0, 0.05) is 0 Å². The maximum absolute atomic E-state index is 13.7. The Hall–Kier alpha value is -3.76. The minimum atomic E-state index is -4.90. The lowest BCUT2D eigenvalue weighted by Gasteiger charge is -2.31. The van der Waals surface area contributed by atoms with Crippen molar-refractivity contribution in [2.45, 2.75) is 18.6 Å². The lowest BCUT2D eigenvalue weighted by Crippen LogP contribution is -2.51. The summed E-state index contributed by atoms with van der Waals surface area (Å²) >= 11 is 0. The van der Waals surface area contributed by atoms with E-state index in [-0.39, 0.29) is 28.4 Å². The largest absolute Gasteiger partial charge is 0.493 e. The van der Waals surface area contributed by atoms with Crippen molar-refractivity contribution < 1.29 is 41.8 Å². The van der Waals surface area contributed by atoms with E-state index < -0.39 is 43.0 Å². The van der Waals surface area contributed by atoms with Gasteiger partial charge in [-0.15, -0.1) is 0 Å². The first-order valence-corrected chi connectivity index (χ1v) is 9.33. The number of fused-ring (bicyclic) bond motifs is 1. The zero-order valence-electron chi connectivity index (χ0n) is 17.1. The highest BCUT2D eigenvalue weighted by Crippen LogP contribution is 2.38. The number of carbonyl (C=O) groups excluding carboxylic acids is 3. The Morgan fingerprint density at radius 1 is 1.09 bits per heavy atom. The van der Waals surface area contributed by atoms with Crippen molar-refractivity contribution in [2.75, 3.05) is 31.0 Å². The van der Waals surface area contributed by atoms with Gasteiger partial charge in [0.05, 0.1) is 32.0 Å². The van der Waals surface area contributed by atoms with Gasteiger partial charge in [0.25, 0.3) is 5.91 Å². The molecule has 1 unspecified atom stereocenters. The molecule has 11 heteroatoms. The molecular formula is C21H19F3N2O6. The number of hydrogen-bond donors (Lipinski definition) is 1. The van der Waals surface area contributed by atoms with Gasteiger partial charge >= 0.3 is 12.1 Å². The summed E-state index contributed by atoms with van der Waals surface area (Å²) in [6.45, 7) is -0.992. The summed E-state index contributed by atoms with van der Waals surface area (Å²) in [7, 11) is 2.66. The molecule has 2 amide bonds. The first-order chi connectivity index (χ1) is 15.2. The van der Waals surface area contributed by atoms with Gasteiger partial charge in [0.1, 0.15) is 11.6 Å². The van der Waals surface area contributed by atoms with Gasteiger partial charge in [0.15, 0.2) is 18.1 Å². The Kier molecular flexibility index (Phi) is 6.56. The van der Waals surface area contributed by atoms with E-state index in [1.54, 1.807) is 0 Å². The molecule has 0 saturated carbocycles. The topological polar surface area (TPSA) is 94.2 Å². The fourth-order valence-corrected chi connectivity index (χ4v) is 3.32. The second kappa shape index (κ2) is 9.16. The number of ether oxygens (including phenoxy) is 3. The number of methoxy groups -OCH3 is 2. The fraction of sp³-hybridized carbons (Fsp3) is 0.286. The SMILES string of the molecule is COc1cccc(C(=O)OCC(=O)N2c3ccccc3NC(=O)CC2C(F)(F)F)c1OC. The summed E-state index contributed by atoms with van der Waals surface area (Å²) < 4.78 is 56.4. The number of para-hydroxylation sites is 3. The number of halogens is 3. The molecule has 0 aliphatic carbocycles. The van der Waals surface area contributed by atoms with Crippen LogP contribution in [0.5, 0.6) is 11.5 Å². The first-order valence-electron chi connectivity index (χ1n) is 9.33. The number of hydrogen-bond acceptors (Lipinski definition) is 6. The molecule has 32 heavy (non-hydrogen) atoms. The van der Waals surface area contributed by atoms with Crippen molar-refractivity contribution in [2.24, 2.45) is 0 Å². The molecule has 0 radical (unpaired) electrons. The van der Waals surface area contributed by atoms with Crippen molar-refractivity contribution >= 4 is 29.2 Å². The third kappa shape index (κ3) is 4.61. The summed E-state index contributed by atoms with van der Waals surface area (Å²) in [5.74, 6) is -2.75. The predicted molar refractivity (Wildman–Crippen MR) is 107 cm³/mol. The zero-order chi connectivity index (χ0) is 23.5. The average Bonchev–Trinajstić information content (AvgIpc) is 2.92. The quantitative estimate of drug-likeness (QED) is 0.701. The van der Waals surface area contributed by atoms with Gasteiger partial charge < -0.3 is 19.5 Å². The summed E-state index contributed by atoms with van der Waals surface area (Å²) in [5.41, 5.74) is -0.181. The van der Waals surface area contributed by atoms with Gasteiger partial charge in [-0.25, -0.2) is 4.79 Å². The number of amides is 2. The van der Waals surface area contributed by atoms with Gasteiger partial charge in [-0.05, 0) is 24.3 Å². The number of nitrogens with one attached hydrogen (secondary N) is 1. The zero-order valence-corrected chi connectivity index (χ0v) is 17.1. The van der Waals surface area contributed by atoms with Crippen molar-refractivity contribution in [1.29, 1.82) is 0 Å². The maximum atomic E-state index is 13.7. The number of alkyl halides is 3. The normalized spacial score (nSPS) is 15.8. The second-order valence-corrected chi connectivity index (χ2v) is 6.71. The molecule has 2 aromatic rings. The first kappa shape index (κ1) is 22.9. The summed E-state index contributed by atoms with van der Waals surface area (Å²) in [5, 5.41) is 2.36. The maximum Gasteiger partial charge on any atom is 0.409 e. The number of rotatable bonds is 5. The average molecular weight is 452 g/mol. The molecule has 2 aromatic carbocycles. The van der Waals surface area contributed by atoms with Crippen LogP contribution in [0, 0.1) is 0 Å². The Bertz CT molecular complexity index is 1040. The van der Waals surface area contributed by atoms with E-state index in [4.69, 9.17) is 14.2 Å². The minimum Gasteiger partial charge on any atom is -0.493 e. The van der Waals surface area contributed by atoms with E-state index in [0.29, 0.717) is 4.90 Å². The molecule has 8 nitrogen and oxygen atoms in total. The van der Waals surface area contributed by atoms with Crippen LogP contribution in [0.4, 0.5) is 24.5 Å². The van der Waals surface area contributed by atoms with Crippen LogP contribution in [-0.4, -0.2) is 50.8 Å². The van der Waals surface area contributed by atoms with Crippen LogP contribution in [0.3, 0.4) is 0 Å². The molecule has 0 saturated heterocycles. The van der Waals surface area contributed by atoms with Crippen LogP contribution in [0.25, 0.3) is 0 Å². The predicted octanol–water partition coefficient (Wildman–Crippen LogP) is 3.17. The smallest absolute Gasteiger partial charge is 0.409 e. The van der Waals surface area contributed by atoms with Crippen LogP contribution >= 0.6 is 0 Å². The molecular weight excluding hydrogens is 433 g/mol. The summed E-state index contributed by atoms with van der Waals surface area (Å²) in [4.78, 5) is 37.8. The number of esters is 1. The highest BCUT2D eigenvalue weighted by atomic mass is 19.4. The molecule has 1 aliphatic heterocycles. The van der Waals surface area contributed by atoms with E-state index in [1.165, 1.54) is 56.7 Å². The van der Waals surface area contributed by atoms with Gasteiger partial charge in [0.2, 0.25) is 5.91 Å². The van der Waals surface area contributed by atoms with Crippen LogP contribution in [0.1, 0.15) is 16.8 Å². The van der Waals surface area contributed by atoms with Crippen LogP contribution in [0.2, 0.25) is 0 Å². The Labute approximate surface area is 180 Å². The van der Waals surface area contributed by atoms with E-state index in [1.807, 2.05) is 0 Å². The van der Waals surface area contributed by atoms with Gasteiger partial charge in [-0.2, -0.15) is 13.2 Å². The fourth-order valence-electron chi connectivity index (χ4n) is 3.32. The summed E-state index contributed by atoms with van der Waals surface area (Å²) in [6, 6.07) is 7.53. The Balaban J connectivity index is 1.88. The lowest BCUT2D eigenvalue weighted by molar-refractivity contribution is -0.158. The van der Waals surface area contributed by atoms with Gasteiger partial charge in [-0.1, -0.05) is 18.2 Å². The highest BCUT2D eigenvalue weighted by Gasteiger charge is 2.49. The van der Waals surface area contributed by atoms with E-state index in [9.17, 15) is 27.6 Å². The van der Waals surface area contributed by atoms with Crippen molar-refractivity contribution in [3.8, 4) is 11.5 Å². The molecule has 170 valence electrons. The van der Waals surface area contributed by atoms with Crippen LogP contribution in [-0.2, 0) is 14.3 Å². The molecule has 0 spiro atoms. The molecule has 3 rings (SSSR count). The Morgan fingerprint density at radius 2 is 1.81 bits per heavy atom. The van der Waals surface area contributed by atoms with E-state index in [2.05, 4.69) is 5.32 Å². The van der Waals surface area contributed by atoms with Crippen LogP contribution in [0.15, 0.2) is 42.5 Å². The van der Waals surface area contributed by atoms with E-state index >= 15 is 0 Å². The van der Waals surface area contributed by atoms with Crippen molar-refractivity contribution in [3.63, 3.8) is 0 Å². The standard InChI is InChI=1S/C21H19F3N2O6/c1-30-15-9-5-6-12(19(15)31-2)20(29)32-11-18(28)26-14-8-4-3-7-13(14)25-17(27)10-16(26)21(22,23)24/h3-9,16H,10-11H2,1-2H3,(H,25,27). The third-order valence-corrected chi connectivity index (χ3v) is 4.72. The number of benzene rings is 2.